The van der Waals surface area contributed by atoms with Crippen LogP contribution in [0.3, 0.4) is 0 Å². The SMILES string of the molecule is Cc1cc(C)c(-c2c(NCc3ccco3)c(=O)c2=O)cc1C. The van der Waals surface area contributed by atoms with E-state index >= 15 is 0 Å². The molecule has 0 spiro atoms. The molecule has 0 radical (unpaired) electrons. The van der Waals surface area contributed by atoms with E-state index in [1.54, 1.807) is 12.3 Å². The van der Waals surface area contributed by atoms with Crippen LogP contribution in [0.5, 0.6) is 0 Å². The van der Waals surface area contributed by atoms with Gasteiger partial charge in [0.05, 0.1) is 24.1 Å². The molecule has 0 amide bonds. The number of benzene rings is 1. The Kier molecular flexibility index (Phi) is 3.45. The Labute approximate surface area is 128 Å². The molecule has 0 aliphatic rings. The Morgan fingerprint density at radius 2 is 1.73 bits per heavy atom. The molecule has 3 aromatic rings. The summed E-state index contributed by atoms with van der Waals surface area (Å²) in [5.41, 5.74) is 4.08. The van der Waals surface area contributed by atoms with Crippen LogP contribution in [-0.4, -0.2) is 0 Å². The number of nitrogens with one attached hydrogen (secondary N) is 1. The quantitative estimate of drug-likeness (QED) is 0.751. The third-order valence-corrected chi connectivity index (χ3v) is 4.04. The minimum absolute atomic E-state index is 0.382. The van der Waals surface area contributed by atoms with Crippen LogP contribution in [0.15, 0.2) is 44.5 Å². The zero-order valence-corrected chi connectivity index (χ0v) is 12.8. The second kappa shape index (κ2) is 5.30. The summed E-state index contributed by atoms with van der Waals surface area (Å²) in [6.45, 7) is 6.37. The standard InChI is InChI=1S/C18H17NO3/c1-10-7-12(3)14(8-11(10)2)15-16(18(21)17(15)20)19-9-13-5-4-6-22-13/h4-8,19H,9H2,1-3H3. The van der Waals surface area contributed by atoms with Crippen molar-refractivity contribution in [3.63, 3.8) is 0 Å². The molecule has 112 valence electrons. The fraction of sp³-hybridized carbons (Fsp3) is 0.222. The van der Waals surface area contributed by atoms with E-state index in [0.29, 0.717) is 17.8 Å². The molecule has 0 saturated carbocycles. The summed E-state index contributed by atoms with van der Waals surface area (Å²) in [5.74, 6) is 0.718. The van der Waals surface area contributed by atoms with Gasteiger partial charge in [-0.3, -0.25) is 9.59 Å². The first-order valence-corrected chi connectivity index (χ1v) is 7.17. The van der Waals surface area contributed by atoms with Crippen molar-refractivity contribution in [1.82, 2.24) is 0 Å². The zero-order chi connectivity index (χ0) is 15.9. The van der Waals surface area contributed by atoms with Gasteiger partial charge in [0.25, 0.3) is 0 Å². The largest absolute Gasteiger partial charge is 0.467 e. The van der Waals surface area contributed by atoms with Crippen molar-refractivity contribution in [2.24, 2.45) is 0 Å². The predicted octanol–water partition coefficient (Wildman–Crippen LogP) is 3.08. The minimum Gasteiger partial charge on any atom is -0.467 e. The van der Waals surface area contributed by atoms with Gasteiger partial charge in [-0.05, 0) is 55.2 Å². The van der Waals surface area contributed by atoms with E-state index < -0.39 is 10.9 Å². The number of hydrogen-bond donors (Lipinski definition) is 1. The smallest absolute Gasteiger partial charge is 0.250 e. The van der Waals surface area contributed by atoms with Crippen molar-refractivity contribution >= 4 is 5.69 Å². The molecular weight excluding hydrogens is 278 g/mol. The van der Waals surface area contributed by atoms with Gasteiger partial charge in [-0.25, -0.2) is 0 Å². The van der Waals surface area contributed by atoms with E-state index in [9.17, 15) is 9.59 Å². The van der Waals surface area contributed by atoms with Gasteiger partial charge in [0.15, 0.2) is 0 Å². The Morgan fingerprint density at radius 1 is 1.00 bits per heavy atom. The summed E-state index contributed by atoms with van der Waals surface area (Å²) >= 11 is 0. The second-order valence-corrected chi connectivity index (χ2v) is 5.59. The van der Waals surface area contributed by atoms with E-state index in [0.717, 1.165) is 22.5 Å². The Bertz CT molecular complexity index is 897. The van der Waals surface area contributed by atoms with E-state index in [-0.39, 0.29) is 0 Å². The first-order chi connectivity index (χ1) is 10.5. The minimum atomic E-state index is -0.459. The number of hydrogen-bond acceptors (Lipinski definition) is 4. The maximum atomic E-state index is 12.0. The molecule has 4 heteroatoms. The predicted molar refractivity (Wildman–Crippen MR) is 87.0 cm³/mol. The van der Waals surface area contributed by atoms with Gasteiger partial charge in [-0.2, -0.15) is 0 Å². The summed E-state index contributed by atoms with van der Waals surface area (Å²) in [5, 5.41) is 3.03. The molecule has 0 bridgehead atoms. The summed E-state index contributed by atoms with van der Waals surface area (Å²) < 4.78 is 5.23. The van der Waals surface area contributed by atoms with Gasteiger partial charge in [0.1, 0.15) is 5.76 Å². The van der Waals surface area contributed by atoms with Crippen LogP contribution >= 0.6 is 0 Å². The molecule has 4 nitrogen and oxygen atoms in total. The molecule has 0 atom stereocenters. The fourth-order valence-electron chi connectivity index (χ4n) is 2.64. The maximum absolute atomic E-state index is 12.0. The average Bonchev–Trinajstić information content (AvgIpc) is 3.00. The van der Waals surface area contributed by atoms with Crippen molar-refractivity contribution < 1.29 is 4.42 Å². The van der Waals surface area contributed by atoms with E-state index in [2.05, 4.69) is 5.32 Å². The van der Waals surface area contributed by atoms with Gasteiger partial charge in [-0.1, -0.05) is 12.1 Å². The monoisotopic (exact) mass is 295 g/mol. The van der Waals surface area contributed by atoms with E-state index in [1.807, 2.05) is 39.0 Å². The second-order valence-electron chi connectivity index (χ2n) is 5.59. The molecule has 22 heavy (non-hydrogen) atoms. The number of furan rings is 1. The van der Waals surface area contributed by atoms with Gasteiger partial charge >= 0.3 is 0 Å². The van der Waals surface area contributed by atoms with Gasteiger partial charge < -0.3 is 9.73 Å². The topological polar surface area (TPSA) is 59.3 Å². The van der Waals surface area contributed by atoms with E-state index in [4.69, 9.17) is 4.42 Å². The third kappa shape index (κ3) is 2.26. The van der Waals surface area contributed by atoms with Crippen molar-refractivity contribution in [2.75, 3.05) is 5.32 Å². The van der Waals surface area contributed by atoms with Crippen LogP contribution in [0.1, 0.15) is 22.5 Å². The lowest BCUT2D eigenvalue weighted by Crippen LogP contribution is -2.36. The molecule has 0 fully saturated rings. The zero-order valence-electron chi connectivity index (χ0n) is 12.8. The molecule has 1 N–H and O–H groups in total. The first-order valence-electron chi connectivity index (χ1n) is 7.17. The maximum Gasteiger partial charge on any atom is 0.250 e. The lowest BCUT2D eigenvalue weighted by Gasteiger charge is -2.16. The highest BCUT2D eigenvalue weighted by atomic mass is 16.3. The van der Waals surface area contributed by atoms with Crippen LogP contribution in [0.25, 0.3) is 11.1 Å². The average molecular weight is 295 g/mol. The third-order valence-electron chi connectivity index (χ3n) is 4.04. The lowest BCUT2D eigenvalue weighted by atomic mass is 9.91. The van der Waals surface area contributed by atoms with Crippen LogP contribution < -0.4 is 16.2 Å². The van der Waals surface area contributed by atoms with Crippen LogP contribution in [0.2, 0.25) is 0 Å². The number of rotatable bonds is 4. The fourth-order valence-corrected chi connectivity index (χ4v) is 2.64. The first kappa shape index (κ1) is 14.3. The van der Waals surface area contributed by atoms with Crippen LogP contribution in [0, 0.1) is 20.8 Å². The molecule has 0 aliphatic carbocycles. The summed E-state index contributed by atoms with van der Waals surface area (Å²) in [7, 11) is 0. The van der Waals surface area contributed by atoms with Gasteiger partial charge in [0, 0.05) is 0 Å². The van der Waals surface area contributed by atoms with Crippen LogP contribution in [0.4, 0.5) is 5.69 Å². The van der Waals surface area contributed by atoms with Crippen LogP contribution in [-0.2, 0) is 6.54 Å². The summed E-state index contributed by atoms with van der Waals surface area (Å²) in [4.78, 5) is 23.9. The molecule has 1 aromatic heterocycles. The number of anilines is 1. The summed E-state index contributed by atoms with van der Waals surface area (Å²) in [6.07, 6.45) is 1.58. The Balaban J connectivity index is 1.99. The van der Waals surface area contributed by atoms with Gasteiger partial charge in [0.2, 0.25) is 10.9 Å². The Hall–Kier alpha value is -2.62. The molecular formula is C18H17NO3. The van der Waals surface area contributed by atoms with Gasteiger partial charge in [-0.15, -0.1) is 0 Å². The molecule has 0 unspecified atom stereocenters. The van der Waals surface area contributed by atoms with Crippen molar-refractivity contribution in [3.8, 4) is 11.1 Å². The number of aryl methyl sites for hydroxylation is 3. The highest BCUT2D eigenvalue weighted by Gasteiger charge is 2.23. The van der Waals surface area contributed by atoms with Crippen molar-refractivity contribution in [2.45, 2.75) is 27.3 Å². The van der Waals surface area contributed by atoms with Crippen molar-refractivity contribution in [1.29, 1.82) is 0 Å². The highest BCUT2D eigenvalue weighted by Crippen LogP contribution is 2.29. The molecule has 0 saturated heterocycles. The normalized spacial score (nSPS) is 11.0. The summed E-state index contributed by atoms with van der Waals surface area (Å²) in [6, 6.07) is 7.61. The Morgan fingerprint density at radius 3 is 2.41 bits per heavy atom. The molecule has 2 aromatic carbocycles. The molecule has 0 aliphatic heterocycles. The molecule has 1 heterocycles. The molecule has 3 rings (SSSR count). The lowest BCUT2D eigenvalue weighted by molar-refractivity contribution is 0.518. The van der Waals surface area contributed by atoms with E-state index in [1.165, 1.54) is 5.56 Å². The highest BCUT2D eigenvalue weighted by molar-refractivity contribution is 5.84. The van der Waals surface area contributed by atoms with Crippen molar-refractivity contribution in [3.05, 3.63) is 73.4 Å².